The van der Waals surface area contributed by atoms with Crippen molar-refractivity contribution in [2.75, 3.05) is 6.61 Å². The van der Waals surface area contributed by atoms with Crippen LogP contribution in [0.4, 0.5) is 4.39 Å². The van der Waals surface area contributed by atoms with Crippen molar-refractivity contribution in [3.05, 3.63) is 35.1 Å². The van der Waals surface area contributed by atoms with Gasteiger partial charge in [-0.15, -0.1) is 0 Å². The summed E-state index contributed by atoms with van der Waals surface area (Å²) in [6.45, 7) is 5.21. The molecular weight excluding hydrogens is 247 g/mol. The molecule has 1 unspecified atom stereocenters. The molecule has 3 N–H and O–H groups in total. The average molecular weight is 268 g/mol. The van der Waals surface area contributed by atoms with E-state index in [0.717, 1.165) is 12.8 Å². The van der Waals surface area contributed by atoms with Crippen LogP contribution in [-0.2, 0) is 11.3 Å². The Morgan fingerprint density at radius 3 is 2.84 bits per heavy atom. The van der Waals surface area contributed by atoms with Crippen LogP contribution >= 0.6 is 0 Å². The fraction of sp³-hybridized carbons (Fsp3) is 0.500. The number of amidine groups is 1. The Labute approximate surface area is 113 Å². The molecule has 1 atom stereocenters. The highest BCUT2D eigenvalue weighted by Gasteiger charge is 2.06. The molecule has 19 heavy (non-hydrogen) atoms. The lowest BCUT2D eigenvalue weighted by Gasteiger charge is -2.11. The molecule has 0 aliphatic rings. The van der Waals surface area contributed by atoms with Crippen LogP contribution in [0.2, 0.25) is 0 Å². The van der Waals surface area contributed by atoms with E-state index in [1.165, 1.54) is 12.1 Å². The molecule has 0 aliphatic carbocycles. The van der Waals surface area contributed by atoms with Crippen molar-refractivity contribution in [3.8, 4) is 0 Å². The van der Waals surface area contributed by atoms with Gasteiger partial charge in [-0.3, -0.25) is 0 Å². The van der Waals surface area contributed by atoms with Gasteiger partial charge in [-0.2, -0.15) is 0 Å². The summed E-state index contributed by atoms with van der Waals surface area (Å²) in [6, 6.07) is 4.26. The number of rotatable bonds is 7. The quantitative estimate of drug-likeness (QED) is 0.346. The van der Waals surface area contributed by atoms with Crippen LogP contribution in [0.5, 0.6) is 0 Å². The van der Waals surface area contributed by atoms with Crippen LogP contribution in [0, 0.1) is 11.7 Å². The SMILES string of the molecule is CCCC(C)COCc1cc(F)cc(/C(N)=N/O)c1. The van der Waals surface area contributed by atoms with Gasteiger partial charge in [-0.25, -0.2) is 4.39 Å². The van der Waals surface area contributed by atoms with Gasteiger partial charge in [0.25, 0.3) is 0 Å². The number of hydrogen-bond acceptors (Lipinski definition) is 3. The second-order valence-electron chi connectivity index (χ2n) is 4.74. The maximum Gasteiger partial charge on any atom is 0.170 e. The second kappa shape index (κ2) is 7.74. The maximum absolute atomic E-state index is 13.4. The zero-order valence-corrected chi connectivity index (χ0v) is 11.4. The zero-order valence-electron chi connectivity index (χ0n) is 11.4. The van der Waals surface area contributed by atoms with E-state index in [4.69, 9.17) is 15.7 Å². The van der Waals surface area contributed by atoms with E-state index in [-0.39, 0.29) is 5.84 Å². The zero-order chi connectivity index (χ0) is 14.3. The third-order valence-electron chi connectivity index (χ3n) is 2.81. The smallest absolute Gasteiger partial charge is 0.170 e. The van der Waals surface area contributed by atoms with E-state index >= 15 is 0 Å². The summed E-state index contributed by atoms with van der Waals surface area (Å²) in [6.07, 6.45) is 2.23. The van der Waals surface area contributed by atoms with Crippen LogP contribution in [-0.4, -0.2) is 17.6 Å². The van der Waals surface area contributed by atoms with E-state index in [1.807, 2.05) is 0 Å². The summed E-state index contributed by atoms with van der Waals surface area (Å²) in [4.78, 5) is 0. The minimum absolute atomic E-state index is 0.111. The first-order valence-electron chi connectivity index (χ1n) is 6.42. The fourth-order valence-electron chi connectivity index (χ4n) is 1.89. The highest BCUT2D eigenvalue weighted by molar-refractivity contribution is 5.97. The number of oxime groups is 1. The fourth-order valence-corrected chi connectivity index (χ4v) is 1.89. The Kier molecular flexibility index (Phi) is 6.29. The molecule has 0 saturated carbocycles. The van der Waals surface area contributed by atoms with E-state index in [1.54, 1.807) is 6.07 Å². The summed E-state index contributed by atoms with van der Waals surface area (Å²) in [7, 11) is 0. The first-order chi connectivity index (χ1) is 9.06. The predicted molar refractivity (Wildman–Crippen MR) is 72.6 cm³/mol. The Bertz CT molecular complexity index is 435. The molecule has 0 radical (unpaired) electrons. The van der Waals surface area contributed by atoms with Gasteiger partial charge in [0.2, 0.25) is 0 Å². The molecule has 0 saturated heterocycles. The maximum atomic E-state index is 13.4. The lowest BCUT2D eigenvalue weighted by molar-refractivity contribution is 0.0892. The van der Waals surface area contributed by atoms with Crippen LogP contribution in [0.25, 0.3) is 0 Å². The van der Waals surface area contributed by atoms with E-state index in [2.05, 4.69) is 19.0 Å². The topological polar surface area (TPSA) is 67.8 Å². The van der Waals surface area contributed by atoms with Crippen molar-refractivity contribution >= 4 is 5.84 Å². The van der Waals surface area contributed by atoms with Crippen molar-refractivity contribution < 1.29 is 14.3 Å². The Balaban J connectivity index is 2.61. The third kappa shape index (κ3) is 5.26. The van der Waals surface area contributed by atoms with Gasteiger partial charge in [0.1, 0.15) is 5.82 Å². The molecule has 4 nitrogen and oxygen atoms in total. The second-order valence-corrected chi connectivity index (χ2v) is 4.74. The molecular formula is C14H21FN2O2. The van der Waals surface area contributed by atoms with Crippen molar-refractivity contribution in [3.63, 3.8) is 0 Å². The summed E-state index contributed by atoms with van der Waals surface area (Å²) in [5, 5.41) is 11.4. The Hall–Kier alpha value is -1.62. The molecule has 1 aromatic rings. The number of ether oxygens (including phenoxy) is 1. The molecule has 0 aromatic heterocycles. The molecule has 106 valence electrons. The number of halogens is 1. The molecule has 0 fully saturated rings. The molecule has 1 aromatic carbocycles. The van der Waals surface area contributed by atoms with Crippen LogP contribution < -0.4 is 5.73 Å². The predicted octanol–water partition coefficient (Wildman–Crippen LogP) is 2.87. The van der Waals surface area contributed by atoms with Gasteiger partial charge in [-0.05, 0) is 36.1 Å². The Morgan fingerprint density at radius 2 is 2.21 bits per heavy atom. The van der Waals surface area contributed by atoms with E-state index in [0.29, 0.717) is 30.3 Å². The minimum Gasteiger partial charge on any atom is -0.409 e. The standard InChI is InChI=1S/C14H21FN2O2/c1-3-4-10(2)8-19-9-11-5-12(14(16)17-18)7-13(15)6-11/h5-7,10,18H,3-4,8-9H2,1-2H3,(H2,16,17). The highest BCUT2D eigenvalue weighted by Crippen LogP contribution is 2.12. The van der Waals surface area contributed by atoms with Gasteiger partial charge in [-0.1, -0.05) is 25.4 Å². The first-order valence-corrected chi connectivity index (χ1v) is 6.42. The van der Waals surface area contributed by atoms with Crippen LogP contribution in [0.3, 0.4) is 0 Å². The van der Waals surface area contributed by atoms with Gasteiger partial charge < -0.3 is 15.7 Å². The summed E-state index contributed by atoms with van der Waals surface area (Å²) >= 11 is 0. The van der Waals surface area contributed by atoms with Gasteiger partial charge >= 0.3 is 0 Å². The van der Waals surface area contributed by atoms with Crippen LogP contribution in [0.1, 0.15) is 37.8 Å². The van der Waals surface area contributed by atoms with Crippen molar-refractivity contribution in [2.45, 2.75) is 33.3 Å². The summed E-state index contributed by atoms with van der Waals surface area (Å²) < 4.78 is 18.9. The molecule has 5 heteroatoms. The van der Waals surface area contributed by atoms with Gasteiger partial charge in [0.05, 0.1) is 6.61 Å². The largest absolute Gasteiger partial charge is 0.409 e. The van der Waals surface area contributed by atoms with Crippen molar-refractivity contribution in [2.24, 2.45) is 16.8 Å². The number of hydrogen-bond donors (Lipinski definition) is 2. The first kappa shape index (κ1) is 15.4. The molecule has 0 heterocycles. The number of nitrogens with two attached hydrogens (primary N) is 1. The molecule has 0 amide bonds. The van der Waals surface area contributed by atoms with Gasteiger partial charge in [0.15, 0.2) is 5.84 Å². The average Bonchev–Trinajstić information content (AvgIpc) is 2.37. The number of nitrogens with zero attached hydrogens (tertiary/aromatic N) is 1. The Morgan fingerprint density at radius 1 is 1.47 bits per heavy atom. The molecule has 0 spiro atoms. The van der Waals surface area contributed by atoms with E-state index in [9.17, 15) is 4.39 Å². The third-order valence-corrected chi connectivity index (χ3v) is 2.81. The van der Waals surface area contributed by atoms with Crippen LogP contribution in [0.15, 0.2) is 23.4 Å². The molecule has 0 bridgehead atoms. The van der Waals surface area contributed by atoms with Gasteiger partial charge in [0, 0.05) is 12.2 Å². The molecule has 0 aliphatic heterocycles. The lowest BCUT2D eigenvalue weighted by Crippen LogP contribution is -2.14. The van der Waals surface area contributed by atoms with E-state index < -0.39 is 5.82 Å². The summed E-state index contributed by atoms with van der Waals surface area (Å²) in [5.74, 6) is -0.0495. The number of benzene rings is 1. The molecule has 1 rings (SSSR count). The normalized spacial score (nSPS) is 13.5. The van der Waals surface area contributed by atoms with Crippen molar-refractivity contribution in [1.82, 2.24) is 0 Å². The minimum atomic E-state index is -0.427. The lowest BCUT2D eigenvalue weighted by atomic mass is 10.1. The highest BCUT2D eigenvalue weighted by atomic mass is 19.1. The summed E-state index contributed by atoms with van der Waals surface area (Å²) in [5.41, 5.74) is 6.46. The van der Waals surface area contributed by atoms with Crippen molar-refractivity contribution in [1.29, 1.82) is 0 Å². The monoisotopic (exact) mass is 268 g/mol.